The van der Waals surface area contributed by atoms with Gasteiger partial charge < -0.3 is 20.4 Å². The quantitative estimate of drug-likeness (QED) is 0.531. The van der Waals surface area contributed by atoms with E-state index in [0.29, 0.717) is 0 Å². The van der Waals surface area contributed by atoms with E-state index in [4.69, 9.17) is 20.4 Å². The fraction of sp³-hybridized carbons (Fsp3) is 0.400. The van der Waals surface area contributed by atoms with Crippen LogP contribution in [-0.4, -0.2) is 39.7 Å². The highest BCUT2D eigenvalue weighted by atomic mass is 16.3. The molecular weight excluding hydrogens is 184 g/mol. The van der Waals surface area contributed by atoms with Gasteiger partial charge in [0.2, 0.25) is 0 Å². The average molecular weight is 200 g/mol. The smallest absolute Gasteiger partial charge is 0.100 e. The van der Waals surface area contributed by atoms with E-state index in [2.05, 4.69) is 0 Å². The molecule has 0 aromatic heterocycles. The van der Waals surface area contributed by atoms with Gasteiger partial charge in [0.1, 0.15) is 6.10 Å². The third-order valence-corrected chi connectivity index (χ3v) is 1.45. The van der Waals surface area contributed by atoms with Crippen molar-refractivity contribution in [2.75, 3.05) is 13.2 Å². The van der Waals surface area contributed by atoms with Crippen molar-refractivity contribution >= 4 is 0 Å². The molecule has 0 aliphatic heterocycles. The first-order valence-electron chi connectivity index (χ1n) is 4.29. The van der Waals surface area contributed by atoms with E-state index in [-0.39, 0.29) is 19.8 Å². The molecule has 1 aromatic rings. The van der Waals surface area contributed by atoms with E-state index in [9.17, 15) is 0 Å². The summed E-state index contributed by atoms with van der Waals surface area (Å²) in [6, 6.07) is 9.52. The average Bonchev–Trinajstić information content (AvgIpc) is 2.30. The van der Waals surface area contributed by atoms with Gasteiger partial charge in [-0.15, -0.1) is 0 Å². The summed E-state index contributed by atoms with van der Waals surface area (Å²) < 4.78 is 0. The largest absolute Gasteiger partial charge is 0.394 e. The Labute approximate surface area is 83.1 Å². The van der Waals surface area contributed by atoms with Gasteiger partial charge >= 0.3 is 0 Å². The summed E-state index contributed by atoms with van der Waals surface area (Å²) in [7, 11) is 0. The maximum atomic E-state index is 8.54. The molecule has 4 nitrogen and oxygen atoms in total. The molecule has 0 radical (unpaired) electrons. The molecule has 0 heterocycles. The highest BCUT2D eigenvalue weighted by Gasteiger charge is 1.93. The van der Waals surface area contributed by atoms with Gasteiger partial charge in [-0.2, -0.15) is 0 Å². The van der Waals surface area contributed by atoms with E-state index in [1.165, 1.54) is 0 Å². The lowest BCUT2D eigenvalue weighted by molar-refractivity contribution is 0.0450. The molecular formula is C10H16O4. The predicted octanol–water partition coefficient (Wildman–Crippen LogP) is -0.489. The van der Waals surface area contributed by atoms with Gasteiger partial charge in [0, 0.05) is 0 Å². The van der Waals surface area contributed by atoms with Gasteiger partial charge in [-0.3, -0.25) is 0 Å². The second-order valence-corrected chi connectivity index (χ2v) is 2.66. The fourth-order valence-electron chi connectivity index (χ4n) is 0.641. The number of aliphatic hydroxyl groups excluding tert-OH is 4. The Morgan fingerprint density at radius 3 is 1.64 bits per heavy atom. The first-order chi connectivity index (χ1) is 6.74. The normalized spacial score (nSPS) is 9.50. The molecule has 80 valence electrons. The summed E-state index contributed by atoms with van der Waals surface area (Å²) in [6.07, 6.45) is -0.954. The van der Waals surface area contributed by atoms with Crippen LogP contribution in [0.3, 0.4) is 0 Å². The highest BCUT2D eigenvalue weighted by molar-refractivity contribution is 5.12. The Balaban J connectivity index is 0.000000255. The standard InChI is InChI=1S/C7H8O.C3H8O3/c8-6-7-4-2-1-3-5-7;4-1-3(6)2-5/h1-5,8H,6H2;3-6H,1-2H2. The first-order valence-corrected chi connectivity index (χ1v) is 4.29. The molecule has 0 aliphatic rings. The topological polar surface area (TPSA) is 80.9 Å². The van der Waals surface area contributed by atoms with Crippen LogP contribution in [0.2, 0.25) is 0 Å². The molecule has 1 rings (SSSR count). The first kappa shape index (κ1) is 13.1. The van der Waals surface area contributed by atoms with Crippen molar-refractivity contribution in [3.63, 3.8) is 0 Å². The lowest BCUT2D eigenvalue weighted by Gasteiger charge is -1.96. The second-order valence-electron chi connectivity index (χ2n) is 2.66. The van der Waals surface area contributed by atoms with E-state index >= 15 is 0 Å². The van der Waals surface area contributed by atoms with E-state index in [0.717, 1.165) is 5.56 Å². The highest BCUT2D eigenvalue weighted by Crippen LogP contribution is 1.95. The van der Waals surface area contributed by atoms with Crippen molar-refractivity contribution in [3.05, 3.63) is 35.9 Å². The Bertz CT molecular complexity index is 209. The molecule has 0 unspecified atom stereocenters. The third kappa shape index (κ3) is 6.56. The zero-order valence-electron chi connectivity index (χ0n) is 7.87. The molecule has 1 aromatic carbocycles. The summed E-state index contributed by atoms with van der Waals surface area (Å²) >= 11 is 0. The lowest BCUT2D eigenvalue weighted by atomic mass is 10.2. The number of hydrogen-bond donors (Lipinski definition) is 4. The van der Waals surface area contributed by atoms with Gasteiger partial charge in [-0.05, 0) is 5.56 Å². The van der Waals surface area contributed by atoms with Gasteiger partial charge in [-0.25, -0.2) is 0 Å². The van der Waals surface area contributed by atoms with Crippen molar-refractivity contribution in [1.82, 2.24) is 0 Å². The van der Waals surface area contributed by atoms with Crippen LogP contribution < -0.4 is 0 Å². The third-order valence-electron chi connectivity index (χ3n) is 1.45. The van der Waals surface area contributed by atoms with Crippen LogP contribution in [0.15, 0.2) is 30.3 Å². The molecule has 4 heteroatoms. The summed E-state index contributed by atoms with van der Waals surface area (Å²) in [5.74, 6) is 0. The van der Waals surface area contributed by atoms with Crippen molar-refractivity contribution < 1.29 is 20.4 Å². The van der Waals surface area contributed by atoms with Gasteiger partial charge in [0.05, 0.1) is 19.8 Å². The van der Waals surface area contributed by atoms with Crippen LogP contribution in [0, 0.1) is 0 Å². The molecule has 0 aliphatic carbocycles. The van der Waals surface area contributed by atoms with Crippen molar-refractivity contribution in [2.24, 2.45) is 0 Å². The van der Waals surface area contributed by atoms with E-state index in [1.54, 1.807) is 0 Å². The zero-order chi connectivity index (χ0) is 10.8. The van der Waals surface area contributed by atoms with Crippen LogP contribution in [0.25, 0.3) is 0 Å². The van der Waals surface area contributed by atoms with Crippen molar-refractivity contribution in [3.8, 4) is 0 Å². The molecule has 0 atom stereocenters. The van der Waals surface area contributed by atoms with Crippen molar-refractivity contribution in [2.45, 2.75) is 12.7 Å². The van der Waals surface area contributed by atoms with Crippen LogP contribution in [0.5, 0.6) is 0 Å². The predicted molar refractivity (Wildman–Crippen MR) is 52.5 cm³/mol. The maximum absolute atomic E-state index is 8.54. The molecule has 0 bridgehead atoms. The van der Waals surface area contributed by atoms with Gasteiger partial charge in [0.15, 0.2) is 0 Å². The number of rotatable bonds is 3. The summed E-state index contributed by atoms with van der Waals surface area (Å²) in [5.41, 5.74) is 0.965. The number of hydrogen-bond acceptors (Lipinski definition) is 4. The summed E-state index contributed by atoms with van der Waals surface area (Å²) in [6.45, 7) is -0.589. The van der Waals surface area contributed by atoms with Crippen molar-refractivity contribution in [1.29, 1.82) is 0 Å². The second kappa shape index (κ2) is 8.65. The summed E-state index contributed by atoms with van der Waals surface area (Å²) in [4.78, 5) is 0. The molecule has 14 heavy (non-hydrogen) atoms. The van der Waals surface area contributed by atoms with Crippen LogP contribution in [-0.2, 0) is 6.61 Å². The Hall–Kier alpha value is -0.940. The van der Waals surface area contributed by atoms with E-state index in [1.807, 2.05) is 30.3 Å². The molecule has 4 N–H and O–H groups in total. The maximum Gasteiger partial charge on any atom is 0.100 e. The molecule has 0 amide bonds. The van der Waals surface area contributed by atoms with Crippen LogP contribution in [0.4, 0.5) is 0 Å². The lowest BCUT2D eigenvalue weighted by Crippen LogP contribution is -2.15. The van der Waals surface area contributed by atoms with Crippen LogP contribution >= 0.6 is 0 Å². The molecule has 0 saturated heterocycles. The molecule has 0 fully saturated rings. The summed E-state index contributed by atoms with van der Waals surface area (Å²) in [5, 5.41) is 32.6. The minimum atomic E-state index is -0.954. The Kier molecular flexibility index (Phi) is 8.07. The van der Waals surface area contributed by atoms with Crippen LogP contribution in [0.1, 0.15) is 5.56 Å². The number of benzene rings is 1. The minimum Gasteiger partial charge on any atom is -0.394 e. The van der Waals surface area contributed by atoms with E-state index < -0.39 is 6.10 Å². The SMILES string of the molecule is OCC(O)CO.OCc1ccccc1. The van der Waals surface area contributed by atoms with Gasteiger partial charge in [-0.1, -0.05) is 30.3 Å². The fourth-order valence-corrected chi connectivity index (χ4v) is 0.641. The Morgan fingerprint density at radius 1 is 0.929 bits per heavy atom. The zero-order valence-corrected chi connectivity index (χ0v) is 7.87. The monoisotopic (exact) mass is 200 g/mol. The van der Waals surface area contributed by atoms with Gasteiger partial charge in [0.25, 0.3) is 0 Å². The molecule has 0 spiro atoms. The number of aliphatic hydroxyl groups is 4. The molecule has 0 saturated carbocycles. The Morgan fingerprint density at radius 2 is 1.43 bits per heavy atom. The minimum absolute atomic E-state index is 0.140.